The van der Waals surface area contributed by atoms with E-state index in [2.05, 4.69) is 5.32 Å². The summed E-state index contributed by atoms with van der Waals surface area (Å²) in [5, 5.41) is 10.9. The first-order valence-corrected chi connectivity index (χ1v) is 3.95. The summed E-state index contributed by atoms with van der Waals surface area (Å²) in [7, 11) is 1.66. The number of rotatable bonds is 3. The number of nitriles is 1. The third kappa shape index (κ3) is 2.21. The van der Waals surface area contributed by atoms with E-state index in [9.17, 15) is 4.79 Å². The lowest BCUT2D eigenvalue weighted by Gasteiger charge is -2.34. The van der Waals surface area contributed by atoms with Crippen LogP contribution < -0.4 is 5.32 Å². The van der Waals surface area contributed by atoms with E-state index in [0.717, 1.165) is 12.8 Å². The van der Waals surface area contributed by atoms with Crippen LogP contribution in [-0.2, 0) is 9.53 Å². The zero-order valence-electron chi connectivity index (χ0n) is 7.04. The van der Waals surface area contributed by atoms with Crippen LogP contribution in [0.4, 0.5) is 0 Å². The number of nitrogens with zero attached hydrogens (tertiary/aromatic N) is 1. The second kappa shape index (κ2) is 4.07. The molecule has 4 nitrogen and oxygen atoms in total. The number of carbonyl (C=O) groups excluding carboxylic acids is 1. The normalized spacial score (nSPS) is 27.0. The molecule has 0 radical (unpaired) electrons. The highest BCUT2D eigenvalue weighted by atomic mass is 16.5. The van der Waals surface area contributed by atoms with Crippen molar-refractivity contribution >= 4 is 5.91 Å². The second-order valence-corrected chi connectivity index (χ2v) is 2.93. The minimum atomic E-state index is -0.183. The molecular weight excluding hydrogens is 156 g/mol. The van der Waals surface area contributed by atoms with Gasteiger partial charge in [-0.05, 0) is 12.8 Å². The van der Waals surface area contributed by atoms with Crippen LogP contribution in [0.1, 0.15) is 19.3 Å². The molecule has 0 saturated heterocycles. The zero-order chi connectivity index (χ0) is 8.97. The summed E-state index contributed by atoms with van der Waals surface area (Å²) in [6.07, 6.45) is 1.98. The summed E-state index contributed by atoms with van der Waals surface area (Å²) in [5.41, 5.74) is 0. The van der Waals surface area contributed by atoms with Gasteiger partial charge in [0.05, 0.1) is 12.2 Å². The van der Waals surface area contributed by atoms with Gasteiger partial charge in [0.1, 0.15) is 6.42 Å². The van der Waals surface area contributed by atoms with Gasteiger partial charge in [0.25, 0.3) is 0 Å². The summed E-state index contributed by atoms with van der Waals surface area (Å²) in [6.45, 7) is 0. The molecule has 0 spiro atoms. The van der Waals surface area contributed by atoms with Crippen LogP contribution in [-0.4, -0.2) is 25.2 Å². The fraction of sp³-hybridized carbons (Fsp3) is 0.750. The van der Waals surface area contributed by atoms with Crippen molar-refractivity contribution in [3.8, 4) is 6.07 Å². The molecule has 1 amide bonds. The fourth-order valence-electron chi connectivity index (χ4n) is 1.23. The van der Waals surface area contributed by atoms with E-state index in [-0.39, 0.29) is 24.5 Å². The highest BCUT2D eigenvalue weighted by molar-refractivity contribution is 5.78. The van der Waals surface area contributed by atoms with Crippen LogP contribution >= 0.6 is 0 Å². The average molecular weight is 168 g/mol. The Morgan fingerprint density at radius 3 is 2.92 bits per heavy atom. The summed E-state index contributed by atoms with van der Waals surface area (Å²) in [4.78, 5) is 10.9. The molecule has 0 unspecified atom stereocenters. The molecule has 0 atom stereocenters. The third-order valence-electron chi connectivity index (χ3n) is 2.03. The van der Waals surface area contributed by atoms with Gasteiger partial charge in [-0.2, -0.15) is 5.26 Å². The van der Waals surface area contributed by atoms with Gasteiger partial charge in [-0.15, -0.1) is 0 Å². The van der Waals surface area contributed by atoms with Crippen LogP contribution in [0.25, 0.3) is 0 Å². The number of ether oxygens (including phenoxy) is 1. The lowest BCUT2D eigenvalue weighted by Crippen LogP contribution is -2.47. The van der Waals surface area contributed by atoms with Crippen LogP contribution in [0.5, 0.6) is 0 Å². The number of amides is 1. The topological polar surface area (TPSA) is 62.1 Å². The minimum Gasteiger partial charge on any atom is -0.381 e. The predicted molar refractivity (Wildman–Crippen MR) is 42.2 cm³/mol. The van der Waals surface area contributed by atoms with E-state index in [1.807, 2.05) is 0 Å². The first-order valence-electron chi connectivity index (χ1n) is 3.95. The van der Waals surface area contributed by atoms with E-state index in [4.69, 9.17) is 10.00 Å². The third-order valence-corrected chi connectivity index (χ3v) is 2.03. The van der Waals surface area contributed by atoms with E-state index >= 15 is 0 Å². The van der Waals surface area contributed by atoms with Crippen molar-refractivity contribution in [3.63, 3.8) is 0 Å². The van der Waals surface area contributed by atoms with Crippen LogP contribution in [0.2, 0.25) is 0 Å². The first kappa shape index (κ1) is 9.01. The molecule has 0 heterocycles. The van der Waals surface area contributed by atoms with Crippen molar-refractivity contribution in [1.82, 2.24) is 5.32 Å². The maximum Gasteiger partial charge on any atom is 0.234 e. The molecule has 1 fully saturated rings. The molecule has 1 aliphatic carbocycles. The molecule has 1 saturated carbocycles. The Bertz CT molecular complexity index is 204. The smallest absolute Gasteiger partial charge is 0.234 e. The lowest BCUT2D eigenvalue weighted by molar-refractivity contribution is -0.122. The minimum absolute atomic E-state index is 0.0475. The van der Waals surface area contributed by atoms with Crippen LogP contribution in [0, 0.1) is 11.3 Å². The largest absolute Gasteiger partial charge is 0.381 e. The Labute approximate surface area is 71.5 Å². The molecule has 1 rings (SSSR count). The fourth-order valence-corrected chi connectivity index (χ4v) is 1.23. The summed E-state index contributed by atoms with van der Waals surface area (Å²) in [6, 6.07) is 2.02. The van der Waals surface area contributed by atoms with E-state index in [1.165, 1.54) is 0 Å². The standard InChI is InChI=1S/C8H12N2O2/c1-12-7-4-6(5-7)10-8(11)2-3-9/h6-7H,2,4-5H2,1H3,(H,10,11). The average Bonchev–Trinajstić information content (AvgIpc) is 1.96. The number of methoxy groups -OCH3 is 1. The highest BCUT2D eigenvalue weighted by Crippen LogP contribution is 2.22. The Morgan fingerprint density at radius 1 is 1.75 bits per heavy atom. The van der Waals surface area contributed by atoms with Crippen molar-refractivity contribution in [1.29, 1.82) is 5.26 Å². The summed E-state index contributed by atoms with van der Waals surface area (Å²) >= 11 is 0. The summed E-state index contributed by atoms with van der Waals surface area (Å²) < 4.78 is 5.04. The van der Waals surface area contributed by atoms with Crippen molar-refractivity contribution < 1.29 is 9.53 Å². The van der Waals surface area contributed by atoms with Crippen LogP contribution in [0.3, 0.4) is 0 Å². The van der Waals surface area contributed by atoms with Gasteiger partial charge >= 0.3 is 0 Å². The van der Waals surface area contributed by atoms with E-state index in [0.29, 0.717) is 0 Å². The van der Waals surface area contributed by atoms with Gasteiger partial charge in [0.15, 0.2) is 0 Å². The van der Waals surface area contributed by atoms with Crippen molar-refractivity contribution in [3.05, 3.63) is 0 Å². The Balaban J connectivity index is 2.11. The molecule has 0 aromatic heterocycles. The Kier molecular flexibility index (Phi) is 3.06. The van der Waals surface area contributed by atoms with Gasteiger partial charge in [-0.1, -0.05) is 0 Å². The number of hydrogen-bond donors (Lipinski definition) is 1. The van der Waals surface area contributed by atoms with Gasteiger partial charge < -0.3 is 10.1 Å². The molecule has 12 heavy (non-hydrogen) atoms. The second-order valence-electron chi connectivity index (χ2n) is 2.93. The van der Waals surface area contributed by atoms with Crippen molar-refractivity contribution in [2.24, 2.45) is 0 Å². The molecule has 1 N–H and O–H groups in total. The number of hydrogen-bond acceptors (Lipinski definition) is 3. The molecule has 66 valence electrons. The number of carbonyl (C=O) groups is 1. The Hall–Kier alpha value is -1.08. The van der Waals surface area contributed by atoms with Gasteiger partial charge in [-0.3, -0.25) is 4.79 Å². The van der Waals surface area contributed by atoms with Gasteiger partial charge in [0.2, 0.25) is 5.91 Å². The Morgan fingerprint density at radius 2 is 2.42 bits per heavy atom. The van der Waals surface area contributed by atoms with E-state index < -0.39 is 0 Å². The molecule has 1 aliphatic rings. The monoisotopic (exact) mass is 168 g/mol. The molecule has 0 aromatic carbocycles. The van der Waals surface area contributed by atoms with Gasteiger partial charge in [0, 0.05) is 13.2 Å². The van der Waals surface area contributed by atoms with Gasteiger partial charge in [-0.25, -0.2) is 0 Å². The quantitative estimate of drug-likeness (QED) is 0.654. The SMILES string of the molecule is COC1CC(NC(=O)CC#N)C1. The zero-order valence-corrected chi connectivity index (χ0v) is 7.04. The highest BCUT2D eigenvalue weighted by Gasteiger charge is 2.29. The first-order chi connectivity index (χ1) is 5.76. The number of nitrogens with one attached hydrogen (secondary N) is 1. The maximum absolute atomic E-state index is 10.9. The predicted octanol–water partition coefficient (Wildman–Crippen LogP) is 0.194. The molecular formula is C8H12N2O2. The van der Waals surface area contributed by atoms with Crippen molar-refractivity contribution in [2.75, 3.05) is 7.11 Å². The molecule has 0 bridgehead atoms. The maximum atomic E-state index is 10.9. The van der Waals surface area contributed by atoms with E-state index in [1.54, 1.807) is 13.2 Å². The van der Waals surface area contributed by atoms with Crippen molar-refractivity contribution in [2.45, 2.75) is 31.4 Å². The molecule has 0 aliphatic heterocycles. The summed E-state index contributed by atoms with van der Waals surface area (Å²) in [5.74, 6) is -0.183. The molecule has 0 aromatic rings. The molecule has 4 heteroatoms. The van der Waals surface area contributed by atoms with Crippen LogP contribution in [0.15, 0.2) is 0 Å². The lowest BCUT2D eigenvalue weighted by atomic mass is 9.89.